The summed E-state index contributed by atoms with van der Waals surface area (Å²) in [6, 6.07) is 3.57. The van der Waals surface area contributed by atoms with Gasteiger partial charge >= 0.3 is 0 Å². The molecule has 0 fully saturated rings. The van der Waals surface area contributed by atoms with Gasteiger partial charge in [-0.05, 0) is 46.1 Å². The Morgan fingerprint density at radius 2 is 2.03 bits per heavy atom. The van der Waals surface area contributed by atoms with Crippen molar-refractivity contribution in [1.29, 1.82) is 0 Å². The summed E-state index contributed by atoms with van der Waals surface area (Å²) in [7, 11) is 7.43. The molecule has 0 radical (unpaired) electrons. The van der Waals surface area contributed by atoms with Crippen LogP contribution >= 0.6 is 35.3 Å². The summed E-state index contributed by atoms with van der Waals surface area (Å²) in [5.74, 6) is 0.475. The zero-order valence-corrected chi connectivity index (χ0v) is 19.5. The van der Waals surface area contributed by atoms with Gasteiger partial charge < -0.3 is 9.64 Å². The number of carbonyl (C=O) groups is 1. The second kappa shape index (κ2) is 9.75. The van der Waals surface area contributed by atoms with Crippen LogP contribution in [0.5, 0.6) is 5.75 Å². The van der Waals surface area contributed by atoms with Gasteiger partial charge in [-0.25, -0.2) is 4.98 Å². The number of carbonyl (C=O) groups excluding carboxylic acids is 1. The Balaban J connectivity index is 0.00000300. The number of fused-ring (bicyclic) bond motifs is 1. The van der Waals surface area contributed by atoms with Crippen LogP contribution in [0.15, 0.2) is 18.3 Å². The van der Waals surface area contributed by atoms with E-state index in [0.29, 0.717) is 33.7 Å². The van der Waals surface area contributed by atoms with Crippen molar-refractivity contribution in [2.45, 2.75) is 13.3 Å². The second-order valence-electron chi connectivity index (χ2n) is 6.87. The first-order valence-electron chi connectivity index (χ1n) is 8.91. The zero-order chi connectivity index (χ0) is 20.4. The number of methoxy groups -OCH3 is 1. The van der Waals surface area contributed by atoms with Crippen LogP contribution in [-0.4, -0.2) is 59.9 Å². The van der Waals surface area contributed by atoms with Gasteiger partial charge in [-0.2, -0.15) is 5.10 Å². The maximum Gasteiger partial charge on any atom is 0.280 e. The standard InChI is InChI=1S/C19H24ClN5O2S.ClH/c1-12-11-24(4)22-15(12)18(26)25(10-6-9-23(2)3)19-21-16-14(27-5)8-7-13(20)17(16)28-19;/h7-8,11H,6,9-10H2,1-5H3;1H. The molecular formula is C19H25Cl2N5O2S. The first-order valence-corrected chi connectivity index (χ1v) is 10.1. The number of nitrogens with zero attached hydrogens (tertiary/aromatic N) is 5. The average Bonchev–Trinajstić information content (AvgIpc) is 3.22. The monoisotopic (exact) mass is 457 g/mol. The number of amides is 1. The highest BCUT2D eigenvalue weighted by Gasteiger charge is 2.26. The van der Waals surface area contributed by atoms with Gasteiger partial charge in [-0.3, -0.25) is 14.4 Å². The smallest absolute Gasteiger partial charge is 0.280 e. The molecule has 1 amide bonds. The van der Waals surface area contributed by atoms with Gasteiger partial charge in [-0.1, -0.05) is 22.9 Å². The Bertz CT molecular complexity index is 1000. The molecule has 2 heterocycles. The number of benzene rings is 1. The SMILES string of the molecule is COc1ccc(Cl)c2sc(N(CCCN(C)C)C(=O)c3nn(C)cc3C)nc12.Cl. The molecule has 0 aliphatic rings. The summed E-state index contributed by atoms with van der Waals surface area (Å²) in [6.07, 6.45) is 2.65. The third-order valence-electron chi connectivity index (χ3n) is 4.34. The van der Waals surface area contributed by atoms with Crippen LogP contribution < -0.4 is 9.64 Å². The maximum absolute atomic E-state index is 13.3. The van der Waals surface area contributed by atoms with E-state index in [0.717, 1.165) is 23.2 Å². The Morgan fingerprint density at radius 1 is 1.31 bits per heavy atom. The van der Waals surface area contributed by atoms with Crippen molar-refractivity contribution >= 4 is 56.6 Å². The maximum atomic E-state index is 13.3. The van der Waals surface area contributed by atoms with E-state index >= 15 is 0 Å². The number of ether oxygens (including phenoxy) is 1. The number of thiazole rings is 1. The molecule has 0 atom stereocenters. The van der Waals surface area contributed by atoms with Crippen molar-refractivity contribution in [2.24, 2.45) is 7.05 Å². The van der Waals surface area contributed by atoms with Gasteiger partial charge in [0.25, 0.3) is 5.91 Å². The van der Waals surface area contributed by atoms with E-state index in [4.69, 9.17) is 21.3 Å². The van der Waals surface area contributed by atoms with Crippen LogP contribution in [0.4, 0.5) is 5.13 Å². The fraction of sp³-hybridized carbons (Fsp3) is 0.421. The molecular weight excluding hydrogens is 433 g/mol. The predicted molar refractivity (Wildman–Crippen MR) is 121 cm³/mol. The molecule has 3 rings (SSSR count). The third-order valence-corrected chi connectivity index (χ3v) is 5.88. The topological polar surface area (TPSA) is 63.5 Å². The molecule has 1 aromatic carbocycles. The van der Waals surface area contributed by atoms with E-state index in [2.05, 4.69) is 10.00 Å². The van der Waals surface area contributed by atoms with Gasteiger partial charge in [0.2, 0.25) is 0 Å². The van der Waals surface area contributed by atoms with Crippen LogP contribution in [0.3, 0.4) is 0 Å². The summed E-state index contributed by atoms with van der Waals surface area (Å²) in [5.41, 5.74) is 1.93. The largest absolute Gasteiger partial charge is 0.494 e. The van der Waals surface area contributed by atoms with Gasteiger partial charge in [-0.15, -0.1) is 12.4 Å². The van der Waals surface area contributed by atoms with Gasteiger partial charge in [0.05, 0.1) is 16.8 Å². The highest BCUT2D eigenvalue weighted by molar-refractivity contribution is 7.23. The first kappa shape index (κ1) is 23.4. The molecule has 7 nitrogen and oxygen atoms in total. The lowest BCUT2D eigenvalue weighted by Crippen LogP contribution is -2.34. The Labute approximate surface area is 185 Å². The number of aromatic nitrogens is 3. The van der Waals surface area contributed by atoms with Crippen molar-refractivity contribution < 1.29 is 9.53 Å². The van der Waals surface area contributed by atoms with Crippen molar-refractivity contribution in [2.75, 3.05) is 39.2 Å². The lowest BCUT2D eigenvalue weighted by atomic mass is 10.2. The third kappa shape index (κ3) is 5.01. The molecule has 0 unspecified atom stereocenters. The van der Waals surface area contributed by atoms with Crippen molar-refractivity contribution in [1.82, 2.24) is 19.7 Å². The molecule has 0 saturated heterocycles. The lowest BCUT2D eigenvalue weighted by molar-refractivity contribution is 0.0980. The molecule has 158 valence electrons. The molecule has 0 aliphatic carbocycles. The molecule has 2 aromatic heterocycles. The Kier molecular flexibility index (Phi) is 7.87. The van der Waals surface area contributed by atoms with E-state index in [1.807, 2.05) is 34.3 Å². The minimum atomic E-state index is -0.161. The quantitative estimate of drug-likeness (QED) is 0.535. The molecule has 0 spiro atoms. The fourth-order valence-electron chi connectivity index (χ4n) is 3.00. The molecule has 0 N–H and O–H groups in total. The molecule has 10 heteroatoms. The van der Waals surface area contributed by atoms with E-state index in [1.165, 1.54) is 11.3 Å². The van der Waals surface area contributed by atoms with Gasteiger partial charge in [0.15, 0.2) is 10.8 Å². The van der Waals surface area contributed by atoms with E-state index in [9.17, 15) is 4.79 Å². The molecule has 0 saturated carbocycles. The fourth-order valence-corrected chi connectivity index (χ4v) is 4.28. The number of hydrogen-bond donors (Lipinski definition) is 0. The first-order chi connectivity index (χ1) is 13.3. The van der Waals surface area contributed by atoms with E-state index in [-0.39, 0.29) is 18.3 Å². The number of aryl methyl sites for hydroxylation is 2. The Hall–Kier alpha value is -1.87. The predicted octanol–water partition coefficient (Wildman–Crippen LogP) is 4.02. The normalized spacial score (nSPS) is 11.0. The highest BCUT2D eigenvalue weighted by Crippen LogP contribution is 2.39. The number of anilines is 1. The van der Waals surface area contributed by atoms with Crippen LogP contribution in [0.25, 0.3) is 10.2 Å². The summed E-state index contributed by atoms with van der Waals surface area (Å²) < 4.78 is 7.87. The van der Waals surface area contributed by atoms with Gasteiger partial charge in [0.1, 0.15) is 11.3 Å². The average molecular weight is 458 g/mol. The number of hydrogen-bond acceptors (Lipinski definition) is 6. The lowest BCUT2D eigenvalue weighted by Gasteiger charge is -2.20. The van der Waals surface area contributed by atoms with Crippen LogP contribution in [-0.2, 0) is 7.05 Å². The minimum Gasteiger partial charge on any atom is -0.494 e. The molecule has 0 aliphatic heterocycles. The van der Waals surface area contributed by atoms with Crippen molar-refractivity contribution in [3.05, 3.63) is 34.6 Å². The zero-order valence-electron chi connectivity index (χ0n) is 17.1. The van der Waals surface area contributed by atoms with Crippen LogP contribution in [0.1, 0.15) is 22.5 Å². The van der Waals surface area contributed by atoms with E-state index in [1.54, 1.807) is 28.8 Å². The number of halogens is 2. The summed E-state index contributed by atoms with van der Waals surface area (Å²) in [6.45, 7) is 3.28. The Morgan fingerprint density at radius 3 is 2.62 bits per heavy atom. The van der Waals surface area contributed by atoms with Crippen LogP contribution in [0.2, 0.25) is 5.02 Å². The second-order valence-corrected chi connectivity index (χ2v) is 8.26. The van der Waals surface area contributed by atoms with E-state index < -0.39 is 0 Å². The van der Waals surface area contributed by atoms with Crippen molar-refractivity contribution in [3.63, 3.8) is 0 Å². The molecule has 0 bridgehead atoms. The molecule has 29 heavy (non-hydrogen) atoms. The molecule has 3 aromatic rings. The summed E-state index contributed by atoms with van der Waals surface area (Å²) >= 11 is 7.75. The number of rotatable bonds is 7. The summed E-state index contributed by atoms with van der Waals surface area (Å²) in [4.78, 5) is 21.8. The minimum absolute atomic E-state index is 0. The van der Waals surface area contributed by atoms with Gasteiger partial charge in [0, 0.05) is 25.4 Å². The van der Waals surface area contributed by atoms with Crippen molar-refractivity contribution in [3.8, 4) is 5.75 Å². The van der Waals surface area contributed by atoms with Crippen LogP contribution in [0, 0.1) is 6.92 Å². The highest BCUT2D eigenvalue weighted by atomic mass is 35.5. The summed E-state index contributed by atoms with van der Waals surface area (Å²) in [5, 5.41) is 5.53.